The monoisotopic (exact) mass is 492 g/mol. The van der Waals surface area contributed by atoms with Crippen molar-refractivity contribution in [1.82, 2.24) is 19.7 Å². The fourth-order valence-corrected chi connectivity index (χ4v) is 4.39. The lowest BCUT2D eigenvalue weighted by Gasteiger charge is -2.33. The molecule has 9 nitrogen and oxygen atoms in total. The van der Waals surface area contributed by atoms with E-state index in [1.54, 1.807) is 30.9 Å². The second-order valence-corrected chi connectivity index (χ2v) is 8.71. The molecule has 0 N–H and O–H groups in total. The van der Waals surface area contributed by atoms with Crippen LogP contribution < -0.4 is 9.47 Å². The third-order valence-electron chi connectivity index (χ3n) is 6.27. The summed E-state index contributed by atoms with van der Waals surface area (Å²) in [6, 6.07) is 16.0. The number of carbonyl (C=O) groups excluding carboxylic acids is 2. The summed E-state index contributed by atoms with van der Waals surface area (Å²) in [4.78, 5) is 34.7. The predicted molar refractivity (Wildman–Crippen MR) is 134 cm³/mol. The molecule has 1 aromatic heterocycles. The van der Waals surface area contributed by atoms with E-state index in [1.165, 1.54) is 6.26 Å². The van der Waals surface area contributed by atoms with E-state index in [9.17, 15) is 9.59 Å². The summed E-state index contributed by atoms with van der Waals surface area (Å²) in [7, 11) is 3.25. The highest BCUT2D eigenvalue weighted by molar-refractivity contribution is 5.92. The molecule has 2 amide bonds. The molecule has 1 fully saturated rings. The average Bonchev–Trinajstić information content (AvgIpc) is 3.37. The Kier molecular flexibility index (Phi) is 8.22. The van der Waals surface area contributed by atoms with E-state index in [-0.39, 0.29) is 17.5 Å². The summed E-state index contributed by atoms with van der Waals surface area (Å²) in [6.07, 6.45) is 1.42. The zero-order valence-electron chi connectivity index (χ0n) is 21.0. The first-order chi connectivity index (χ1) is 17.5. The van der Waals surface area contributed by atoms with Gasteiger partial charge in [-0.05, 0) is 11.6 Å². The van der Waals surface area contributed by atoms with Crippen LogP contribution in [0.1, 0.15) is 34.4 Å². The van der Waals surface area contributed by atoms with E-state index < -0.39 is 0 Å². The summed E-state index contributed by atoms with van der Waals surface area (Å²) in [6.45, 7) is 5.18. The standard InChI is InChI=1S/C27H32N4O5/c1-20(32)30-12-14-31(15-13-30)27(33)23-19-36-25(28-23)18-29(16-21-8-5-4-6-9-21)17-22-10-7-11-24(34-2)26(22)35-3/h4-11,19H,12-18H2,1-3H3. The van der Waals surface area contributed by atoms with Crippen LogP contribution in [0.15, 0.2) is 59.2 Å². The first kappa shape index (κ1) is 25.2. The molecule has 0 spiro atoms. The number of nitrogens with zero attached hydrogens (tertiary/aromatic N) is 4. The van der Waals surface area contributed by atoms with Gasteiger partial charge in [0.2, 0.25) is 11.8 Å². The molecule has 36 heavy (non-hydrogen) atoms. The van der Waals surface area contributed by atoms with Crippen molar-refractivity contribution < 1.29 is 23.5 Å². The number of hydrogen-bond donors (Lipinski definition) is 0. The number of benzene rings is 2. The number of oxazole rings is 1. The topological polar surface area (TPSA) is 88.4 Å². The molecular formula is C27H32N4O5. The number of para-hydroxylation sites is 1. The normalized spacial score (nSPS) is 13.7. The molecule has 0 aliphatic carbocycles. The fraction of sp³-hybridized carbons (Fsp3) is 0.370. The van der Waals surface area contributed by atoms with Crippen molar-refractivity contribution in [2.45, 2.75) is 26.6 Å². The molecule has 0 bridgehead atoms. The highest BCUT2D eigenvalue weighted by atomic mass is 16.5. The Hall–Kier alpha value is -3.85. The van der Waals surface area contributed by atoms with Crippen LogP contribution >= 0.6 is 0 Å². The molecule has 3 aromatic rings. The van der Waals surface area contributed by atoms with Crippen molar-refractivity contribution >= 4 is 11.8 Å². The Morgan fingerprint density at radius 1 is 0.917 bits per heavy atom. The molecule has 1 aliphatic rings. The lowest BCUT2D eigenvalue weighted by atomic mass is 10.1. The van der Waals surface area contributed by atoms with Crippen LogP contribution in [-0.2, 0) is 24.4 Å². The molecule has 2 heterocycles. The van der Waals surface area contributed by atoms with Crippen molar-refractivity contribution in [3.63, 3.8) is 0 Å². The number of amides is 2. The second kappa shape index (κ2) is 11.7. The van der Waals surface area contributed by atoms with Crippen LogP contribution in [0, 0.1) is 0 Å². The van der Waals surface area contributed by atoms with E-state index in [4.69, 9.17) is 13.9 Å². The summed E-state index contributed by atoms with van der Waals surface area (Å²) in [5.74, 6) is 1.65. The Morgan fingerprint density at radius 2 is 1.64 bits per heavy atom. The minimum atomic E-state index is -0.183. The Bertz CT molecular complexity index is 1170. The highest BCUT2D eigenvalue weighted by Gasteiger charge is 2.26. The van der Waals surface area contributed by atoms with Crippen molar-refractivity contribution in [2.75, 3.05) is 40.4 Å². The van der Waals surface area contributed by atoms with Crippen molar-refractivity contribution in [3.05, 3.63) is 77.5 Å². The zero-order chi connectivity index (χ0) is 25.5. The van der Waals surface area contributed by atoms with Crippen LogP contribution in [0.25, 0.3) is 0 Å². The van der Waals surface area contributed by atoms with Crippen molar-refractivity contribution in [1.29, 1.82) is 0 Å². The summed E-state index contributed by atoms with van der Waals surface area (Å²) in [5.41, 5.74) is 2.39. The molecule has 2 aromatic carbocycles. The minimum Gasteiger partial charge on any atom is -0.493 e. The fourth-order valence-electron chi connectivity index (χ4n) is 4.39. The number of rotatable bonds is 9. The Labute approximate surface area is 211 Å². The molecule has 9 heteroatoms. The molecule has 1 aliphatic heterocycles. The van der Waals surface area contributed by atoms with Crippen LogP contribution in [0.3, 0.4) is 0 Å². The molecule has 190 valence electrons. The maximum Gasteiger partial charge on any atom is 0.275 e. The van der Waals surface area contributed by atoms with Gasteiger partial charge < -0.3 is 23.7 Å². The van der Waals surface area contributed by atoms with Gasteiger partial charge in [-0.25, -0.2) is 4.98 Å². The van der Waals surface area contributed by atoms with Crippen LogP contribution in [0.4, 0.5) is 0 Å². The minimum absolute atomic E-state index is 0.0250. The maximum atomic E-state index is 13.0. The smallest absolute Gasteiger partial charge is 0.275 e. The number of carbonyl (C=O) groups is 2. The number of piperazine rings is 1. The van der Waals surface area contributed by atoms with Gasteiger partial charge in [-0.3, -0.25) is 14.5 Å². The van der Waals surface area contributed by atoms with Crippen molar-refractivity contribution in [3.8, 4) is 11.5 Å². The lowest BCUT2D eigenvalue weighted by molar-refractivity contribution is -0.130. The van der Waals surface area contributed by atoms with E-state index in [2.05, 4.69) is 22.0 Å². The van der Waals surface area contributed by atoms with E-state index in [1.807, 2.05) is 36.4 Å². The Morgan fingerprint density at radius 3 is 2.31 bits per heavy atom. The first-order valence-corrected chi connectivity index (χ1v) is 11.9. The zero-order valence-corrected chi connectivity index (χ0v) is 21.0. The lowest BCUT2D eigenvalue weighted by Crippen LogP contribution is -2.50. The van der Waals surface area contributed by atoms with E-state index in [0.29, 0.717) is 63.2 Å². The van der Waals surface area contributed by atoms with Gasteiger partial charge in [0, 0.05) is 51.8 Å². The number of aromatic nitrogens is 1. The maximum absolute atomic E-state index is 13.0. The van der Waals surface area contributed by atoms with Crippen LogP contribution in [0.2, 0.25) is 0 Å². The third kappa shape index (κ3) is 6.04. The highest BCUT2D eigenvalue weighted by Crippen LogP contribution is 2.32. The molecular weight excluding hydrogens is 460 g/mol. The number of ether oxygens (including phenoxy) is 2. The van der Waals surface area contributed by atoms with Gasteiger partial charge in [-0.1, -0.05) is 42.5 Å². The van der Waals surface area contributed by atoms with Gasteiger partial charge in [-0.15, -0.1) is 0 Å². The van der Waals surface area contributed by atoms with Gasteiger partial charge in [-0.2, -0.15) is 0 Å². The molecule has 4 rings (SSSR count). The van der Waals surface area contributed by atoms with Crippen LogP contribution in [-0.4, -0.2) is 71.9 Å². The SMILES string of the molecule is COc1cccc(CN(Cc2ccccc2)Cc2nc(C(=O)N3CCN(C(C)=O)CC3)co2)c1OC. The molecule has 0 unspecified atom stereocenters. The summed E-state index contributed by atoms with van der Waals surface area (Å²) in [5, 5.41) is 0. The second-order valence-electron chi connectivity index (χ2n) is 8.71. The van der Waals surface area contributed by atoms with Gasteiger partial charge >= 0.3 is 0 Å². The largest absolute Gasteiger partial charge is 0.493 e. The molecule has 0 atom stereocenters. The predicted octanol–water partition coefficient (Wildman–Crippen LogP) is 3.20. The van der Waals surface area contributed by atoms with E-state index >= 15 is 0 Å². The Balaban J connectivity index is 1.49. The van der Waals surface area contributed by atoms with Gasteiger partial charge in [0.15, 0.2) is 17.2 Å². The first-order valence-electron chi connectivity index (χ1n) is 11.9. The van der Waals surface area contributed by atoms with Gasteiger partial charge in [0.25, 0.3) is 5.91 Å². The van der Waals surface area contributed by atoms with Crippen LogP contribution in [0.5, 0.6) is 11.5 Å². The molecule has 1 saturated heterocycles. The quantitative estimate of drug-likeness (QED) is 0.453. The molecule has 0 saturated carbocycles. The van der Waals surface area contributed by atoms with Gasteiger partial charge in [0.1, 0.15) is 6.26 Å². The van der Waals surface area contributed by atoms with Crippen molar-refractivity contribution in [2.24, 2.45) is 0 Å². The summed E-state index contributed by atoms with van der Waals surface area (Å²) >= 11 is 0. The van der Waals surface area contributed by atoms with E-state index in [0.717, 1.165) is 11.1 Å². The van der Waals surface area contributed by atoms with Gasteiger partial charge in [0.05, 0.1) is 20.8 Å². The average molecular weight is 493 g/mol. The number of hydrogen-bond acceptors (Lipinski definition) is 7. The third-order valence-corrected chi connectivity index (χ3v) is 6.27. The number of methoxy groups -OCH3 is 2. The molecule has 0 radical (unpaired) electrons. The summed E-state index contributed by atoms with van der Waals surface area (Å²) < 4.78 is 16.8.